The Balaban J connectivity index is 1.91. The SMILES string of the molecule is CCCOc1ccccc1-c1nc2nc(NCCCS(C)=O)ncc2c(=O)[nH]1. The maximum Gasteiger partial charge on any atom is 0.262 e. The van der Waals surface area contributed by atoms with E-state index in [4.69, 9.17) is 4.74 Å². The molecule has 0 saturated carbocycles. The molecule has 2 aromatic heterocycles. The maximum atomic E-state index is 12.5. The van der Waals surface area contributed by atoms with Gasteiger partial charge in [0.2, 0.25) is 5.95 Å². The first-order chi connectivity index (χ1) is 13.6. The molecular formula is C19H23N5O3S. The number of hydrogen-bond donors (Lipinski definition) is 2. The fourth-order valence-corrected chi connectivity index (χ4v) is 3.17. The lowest BCUT2D eigenvalue weighted by atomic mass is 10.2. The molecule has 1 aromatic carbocycles. The molecule has 0 radical (unpaired) electrons. The Kier molecular flexibility index (Phi) is 6.70. The summed E-state index contributed by atoms with van der Waals surface area (Å²) < 4.78 is 16.9. The van der Waals surface area contributed by atoms with Crippen LogP contribution in [0.3, 0.4) is 0 Å². The van der Waals surface area contributed by atoms with E-state index in [2.05, 4.69) is 25.3 Å². The highest BCUT2D eigenvalue weighted by Gasteiger charge is 2.12. The molecule has 0 fully saturated rings. The van der Waals surface area contributed by atoms with Gasteiger partial charge in [0.25, 0.3) is 5.56 Å². The van der Waals surface area contributed by atoms with Crippen LogP contribution < -0.4 is 15.6 Å². The third kappa shape index (κ3) is 4.92. The number of nitrogens with one attached hydrogen (secondary N) is 2. The summed E-state index contributed by atoms with van der Waals surface area (Å²) in [6.07, 6.45) is 4.74. The van der Waals surface area contributed by atoms with Gasteiger partial charge in [-0.05, 0) is 25.0 Å². The number of nitrogens with zero attached hydrogens (tertiary/aromatic N) is 3. The molecule has 0 spiro atoms. The highest BCUT2D eigenvalue weighted by atomic mass is 32.2. The topological polar surface area (TPSA) is 110 Å². The van der Waals surface area contributed by atoms with Crippen LogP contribution in [0.15, 0.2) is 35.3 Å². The van der Waals surface area contributed by atoms with Crippen LogP contribution in [-0.2, 0) is 10.8 Å². The first kappa shape index (κ1) is 19.9. The van der Waals surface area contributed by atoms with Gasteiger partial charge in [0.1, 0.15) is 17.0 Å². The van der Waals surface area contributed by atoms with E-state index in [1.165, 1.54) is 6.20 Å². The number of anilines is 1. The fraction of sp³-hybridized carbons (Fsp3) is 0.368. The summed E-state index contributed by atoms with van der Waals surface area (Å²) >= 11 is 0. The normalized spacial score (nSPS) is 12.1. The number of H-pyrrole nitrogens is 1. The van der Waals surface area contributed by atoms with Crippen LogP contribution in [0.2, 0.25) is 0 Å². The number of rotatable bonds is 9. The van der Waals surface area contributed by atoms with Gasteiger partial charge in [0.15, 0.2) is 5.65 Å². The number of fused-ring (bicyclic) bond motifs is 1. The first-order valence-electron chi connectivity index (χ1n) is 9.11. The average molecular weight is 401 g/mol. The van der Waals surface area contributed by atoms with E-state index >= 15 is 0 Å². The number of aromatic amines is 1. The second-order valence-corrected chi connectivity index (χ2v) is 7.80. The van der Waals surface area contributed by atoms with Crippen molar-refractivity contribution in [1.82, 2.24) is 19.9 Å². The Bertz CT molecular complexity index is 1040. The Morgan fingerprint density at radius 2 is 2.07 bits per heavy atom. The van der Waals surface area contributed by atoms with E-state index < -0.39 is 10.8 Å². The number of para-hydroxylation sites is 1. The third-order valence-electron chi connectivity index (χ3n) is 3.96. The van der Waals surface area contributed by atoms with Crippen molar-refractivity contribution in [3.8, 4) is 17.1 Å². The monoisotopic (exact) mass is 401 g/mol. The lowest BCUT2D eigenvalue weighted by molar-refractivity contribution is 0.318. The van der Waals surface area contributed by atoms with Gasteiger partial charge in [0.05, 0.1) is 12.2 Å². The zero-order valence-corrected chi connectivity index (χ0v) is 16.7. The molecule has 28 heavy (non-hydrogen) atoms. The van der Waals surface area contributed by atoms with Crippen LogP contribution >= 0.6 is 0 Å². The quantitative estimate of drug-likeness (QED) is 0.530. The van der Waals surface area contributed by atoms with Gasteiger partial charge in [-0.25, -0.2) is 9.97 Å². The predicted octanol–water partition coefficient (Wildman–Crippen LogP) is 2.35. The van der Waals surface area contributed by atoms with Crippen LogP contribution in [0.1, 0.15) is 19.8 Å². The van der Waals surface area contributed by atoms with Crippen molar-refractivity contribution in [2.24, 2.45) is 0 Å². The second kappa shape index (κ2) is 9.41. The van der Waals surface area contributed by atoms with Gasteiger partial charge < -0.3 is 15.0 Å². The van der Waals surface area contributed by atoms with Crippen molar-refractivity contribution < 1.29 is 8.95 Å². The van der Waals surface area contributed by atoms with Gasteiger partial charge in [-0.1, -0.05) is 19.1 Å². The van der Waals surface area contributed by atoms with Crippen LogP contribution in [-0.4, -0.2) is 49.3 Å². The summed E-state index contributed by atoms with van der Waals surface area (Å²) in [6.45, 7) is 3.20. The van der Waals surface area contributed by atoms with E-state index in [9.17, 15) is 9.00 Å². The van der Waals surface area contributed by atoms with Crippen LogP contribution in [0.25, 0.3) is 22.4 Å². The molecule has 0 bridgehead atoms. The minimum atomic E-state index is -0.829. The molecule has 3 aromatic rings. The van der Waals surface area contributed by atoms with Crippen LogP contribution in [0.4, 0.5) is 5.95 Å². The van der Waals surface area contributed by atoms with Crippen molar-refractivity contribution in [3.63, 3.8) is 0 Å². The molecule has 2 heterocycles. The highest BCUT2D eigenvalue weighted by molar-refractivity contribution is 7.84. The van der Waals surface area contributed by atoms with Gasteiger partial charge in [-0.3, -0.25) is 9.00 Å². The Morgan fingerprint density at radius 3 is 2.86 bits per heavy atom. The molecule has 9 heteroatoms. The summed E-state index contributed by atoms with van der Waals surface area (Å²) in [5, 5.41) is 3.39. The van der Waals surface area contributed by atoms with Crippen LogP contribution in [0.5, 0.6) is 5.75 Å². The number of benzene rings is 1. The van der Waals surface area contributed by atoms with Crippen molar-refractivity contribution >= 4 is 27.8 Å². The van der Waals surface area contributed by atoms with E-state index in [-0.39, 0.29) is 5.56 Å². The predicted molar refractivity (Wildman–Crippen MR) is 111 cm³/mol. The molecule has 1 unspecified atom stereocenters. The summed E-state index contributed by atoms with van der Waals surface area (Å²) in [6, 6.07) is 7.43. The summed E-state index contributed by atoms with van der Waals surface area (Å²) in [4.78, 5) is 28.3. The smallest absolute Gasteiger partial charge is 0.262 e. The van der Waals surface area contributed by atoms with Crippen LogP contribution in [0, 0.1) is 0 Å². The third-order valence-corrected chi connectivity index (χ3v) is 4.82. The van der Waals surface area contributed by atoms with E-state index in [0.29, 0.717) is 53.0 Å². The lowest BCUT2D eigenvalue weighted by Gasteiger charge is -2.10. The van der Waals surface area contributed by atoms with Crippen molar-refractivity contribution in [2.75, 3.05) is 30.5 Å². The molecular weight excluding hydrogens is 378 g/mol. The second-order valence-electron chi connectivity index (χ2n) is 6.25. The molecule has 148 valence electrons. The van der Waals surface area contributed by atoms with Gasteiger partial charge >= 0.3 is 0 Å². The molecule has 8 nitrogen and oxygen atoms in total. The van der Waals surface area contributed by atoms with Crippen molar-refractivity contribution in [3.05, 3.63) is 40.8 Å². The summed E-state index contributed by atoms with van der Waals surface area (Å²) in [5.74, 6) is 2.05. The Hall–Kier alpha value is -2.81. The molecule has 1 atom stereocenters. The molecule has 0 saturated heterocycles. The molecule has 0 amide bonds. The summed E-state index contributed by atoms with van der Waals surface area (Å²) in [7, 11) is -0.829. The first-order valence-corrected chi connectivity index (χ1v) is 10.8. The summed E-state index contributed by atoms with van der Waals surface area (Å²) in [5.41, 5.74) is 0.701. The number of hydrogen-bond acceptors (Lipinski definition) is 7. The largest absolute Gasteiger partial charge is 0.493 e. The zero-order chi connectivity index (χ0) is 19.9. The van der Waals surface area contributed by atoms with Gasteiger partial charge in [-0.2, -0.15) is 4.98 Å². The lowest BCUT2D eigenvalue weighted by Crippen LogP contribution is -2.14. The maximum absolute atomic E-state index is 12.5. The minimum Gasteiger partial charge on any atom is -0.493 e. The standard InChI is InChI=1S/C19H23N5O3S/c1-3-10-27-15-8-5-4-7-13(15)16-22-17-14(18(25)23-16)12-21-19(24-17)20-9-6-11-28(2)26/h4-5,7-8,12H,3,6,9-11H2,1-2H3,(H2,20,21,22,23,24,25). The van der Waals surface area contributed by atoms with Crippen molar-refractivity contribution in [1.29, 1.82) is 0 Å². The molecule has 0 aliphatic carbocycles. The minimum absolute atomic E-state index is 0.306. The van der Waals surface area contributed by atoms with E-state index in [1.54, 1.807) is 6.26 Å². The molecule has 0 aliphatic heterocycles. The van der Waals surface area contributed by atoms with E-state index in [1.807, 2.05) is 31.2 Å². The average Bonchev–Trinajstić information content (AvgIpc) is 2.69. The fourth-order valence-electron chi connectivity index (χ4n) is 2.62. The number of aromatic nitrogens is 4. The molecule has 3 rings (SSSR count). The van der Waals surface area contributed by atoms with Gasteiger partial charge in [0, 0.05) is 35.5 Å². The number of ether oxygens (including phenoxy) is 1. The molecule has 2 N–H and O–H groups in total. The highest BCUT2D eigenvalue weighted by Crippen LogP contribution is 2.27. The van der Waals surface area contributed by atoms with Crippen molar-refractivity contribution in [2.45, 2.75) is 19.8 Å². The zero-order valence-electron chi connectivity index (χ0n) is 15.9. The Labute approximate surface area is 165 Å². The van der Waals surface area contributed by atoms with Gasteiger partial charge in [-0.15, -0.1) is 0 Å². The molecule has 0 aliphatic rings. The Morgan fingerprint density at radius 1 is 1.25 bits per heavy atom. The van der Waals surface area contributed by atoms with E-state index in [0.717, 1.165) is 12.8 Å².